The van der Waals surface area contributed by atoms with Crippen LogP contribution in [0.2, 0.25) is 0 Å². The van der Waals surface area contributed by atoms with Gasteiger partial charge in [0.05, 0.1) is 6.20 Å². The number of hydrogen-bond donors (Lipinski definition) is 2. The summed E-state index contributed by atoms with van der Waals surface area (Å²) in [6, 6.07) is 5.11. The first-order valence-corrected chi connectivity index (χ1v) is 5.53. The first kappa shape index (κ1) is 11.5. The minimum absolute atomic E-state index is 0.0202. The molecular formula is C11H9BrN4O. The molecule has 0 aromatic carbocycles. The molecule has 2 heterocycles. The van der Waals surface area contributed by atoms with Gasteiger partial charge in [-0.2, -0.15) is 0 Å². The number of nitrogens with two attached hydrogens (primary N) is 1. The Kier molecular flexibility index (Phi) is 3.34. The van der Waals surface area contributed by atoms with E-state index in [4.69, 9.17) is 15.9 Å². The number of nitrogens with zero attached hydrogens (tertiary/aromatic N) is 2. The molecule has 0 saturated heterocycles. The number of amidine groups is 1. The molecule has 3 N–H and O–H groups in total. The zero-order valence-corrected chi connectivity index (χ0v) is 10.3. The quantitative estimate of drug-likeness (QED) is 0.671. The van der Waals surface area contributed by atoms with Crippen LogP contribution in [0.1, 0.15) is 5.56 Å². The zero-order valence-electron chi connectivity index (χ0n) is 8.72. The summed E-state index contributed by atoms with van der Waals surface area (Å²) in [5, 5.41) is 7.24. The molecule has 2 aromatic heterocycles. The third kappa shape index (κ3) is 3.01. The van der Waals surface area contributed by atoms with Gasteiger partial charge in [-0.15, -0.1) is 0 Å². The first-order chi connectivity index (χ1) is 8.15. The van der Waals surface area contributed by atoms with Gasteiger partial charge >= 0.3 is 0 Å². The second kappa shape index (κ2) is 4.92. The van der Waals surface area contributed by atoms with Crippen molar-refractivity contribution in [3.8, 4) is 11.6 Å². The van der Waals surface area contributed by atoms with Crippen molar-refractivity contribution in [1.82, 2.24) is 9.97 Å². The van der Waals surface area contributed by atoms with Gasteiger partial charge in [0.1, 0.15) is 11.6 Å². The number of nitrogens with one attached hydrogen (secondary N) is 1. The third-order valence-electron chi connectivity index (χ3n) is 1.95. The average molecular weight is 293 g/mol. The van der Waals surface area contributed by atoms with E-state index in [1.165, 1.54) is 6.20 Å². The molecule has 5 nitrogen and oxygen atoms in total. The molecule has 0 atom stereocenters. The van der Waals surface area contributed by atoms with Crippen molar-refractivity contribution in [2.75, 3.05) is 0 Å². The lowest BCUT2D eigenvalue weighted by molar-refractivity contribution is 0.460. The van der Waals surface area contributed by atoms with E-state index in [1.54, 1.807) is 30.6 Å². The maximum Gasteiger partial charge on any atom is 0.219 e. The summed E-state index contributed by atoms with van der Waals surface area (Å²) < 4.78 is 6.31. The number of aromatic nitrogens is 2. The van der Waals surface area contributed by atoms with E-state index in [1.807, 2.05) is 0 Å². The van der Waals surface area contributed by atoms with Crippen LogP contribution in [0.5, 0.6) is 11.6 Å². The summed E-state index contributed by atoms with van der Waals surface area (Å²) in [5.41, 5.74) is 5.88. The molecule has 0 saturated carbocycles. The van der Waals surface area contributed by atoms with E-state index in [2.05, 4.69) is 25.9 Å². The van der Waals surface area contributed by atoms with Crippen molar-refractivity contribution in [1.29, 1.82) is 5.41 Å². The Hall–Kier alpha value is -1.95. The van der Waals surface area contributed by atoms with Crippen molar-refractivity contribution >= 4 is 21.8 Å². The Bertz CT molecular complexity index is 541. The summed E-state index contributed by atoms with van der Waals surface area (Å²) in [6.45, 7) is 0. The molecule has 2 aromatic rings. The summed E-state index contributed by atoms with van der Waals surface area (Å²) in [7, 11) is 0. The number of nitrogen functional groups attached to an aromatic ring is 1. The van der Waals surface area contributed by atoms with Crippen molar-refractivity contribution in [3.05, 3.63) is 46.8 Å². The number of ether oxygens (including phenoxy) is 1. The number of rotatable bonds is 3. The van der Waals surface area contributed by atoms with E-state index < -0.39 is 0 Å². The highest BCUT2D eigenvalue weighted by Crippen LogP contribution is 2.21. The van der Waals surface area contributed by atoms with Crippen LogP contribution in [0.15, 0.2) is 41.3 Å². The Morgan fingerprint density at radius 2 is 2.12 bits per heavy atom. The summed E-state index contributed by atoms with van der Waals surface area (Å²) >= 11 is 3.30. The molecule has 0 fully saturated rings. The molecule has 0 aliphatic rings. The van der Waals surface area contributed by atoms with Gasteiger partial charge in [-0.05, 0) is 28.1 Å². The summed E-state index contributed by atoms with van der Waals surface area (Å²) in [6.07, 6.45) is 4.74. The predicted molar refractivity (Wildman–Crippen MR) is 67.3 cm³/mol. The Balaban J connectivity index is 2.16. The molecule has 0 aliphatic carbocycles. The minimum atomic E-state index is -0.0202. The topological polar surface area (TPSA) is 84.9 Å². The van der Waals surface area contributed by atoms with E-state index in [0.29, 0.717) is 17.2 Å². The summed E-state index contributed by atoms with van der Waals surface area (Å²) in [5.74, 6) is 0.991. The Morgan fingerprint density at radius 1 is 1.29 bits per heavy atom. The molecule has 86 valence electrons. The lowest BCUT2D eigenvalue weighted by Gasteiger charge is -2.04. The SMILES string of the molecule is N=C(N)c1ccc(Oc2cncc(Br)c2)nc1. The number of pyridine rings is 2. The van der Waals surface area contributed by atoms with Crippen LogP contribution in [-0.4, -0.2) is 15.8 Å². The second-order valence-electron chi connectivity index (χ2n) is 3.24. The highest BCUT2D eigenvalue weighted by Gasteiger charge is 2.01. The van der Waals surface area contributed by atoms with Crippen molar-refractivity contribution in [3.63, 3.8) is 0 Å². The second-order valence-corrected chi connectivity index (χ2v) is 4.16. The van der Waals surface area contributed by atoms with Crippen LogP contribution in [0, 0.1) is 5.41 Å². The lowest BCUT2D eigenvalue weighted by Crippen LogP contribution is -2.11. The molecular weight excluding hydrogens is 284 g/mol. The van der Waals surface area contributed by atoms with Gasteiger partial charge in [0.15, 0.2) is 0 Å². The van der Waals surface area contributed by atoms with Crippen LogP contribution in [-0.2, 0) is 0 Å². The normalized spacial score (nSPS) is 9.94. The van der Waals surface area contributed by atoms with Crippen LogP contribution in [0.4, 0.5) is 0 Å². The van der Waals surface area contributed by atoms with E-state index >= 15 is 0 Å². The van der Waals surface area contributed by atoms with Crippen LogP contribution in [0.25, 0.3) is 0 Å². The van der Waals surface area contributed by atoms with Gasteiger partial charge in [-0.3, -0.25) is 10.4 Å². The van der Waals surface area contributed by atoms with Gasteiger partial charge in [0.2, 0.25) is 5.88 Å². The van der Waals surface area contributed by atoms with Crippen LogP contribution < -0.4 is 10.5 Å². The number of hydrogen-bond acceptors (Lipinski definition) is 4. The van der Waals surface area contributed by atoms with E-state index in [-0.39, 0.29) is 5.84 Å². The van der Waals surface area contributed by atoms with Crippen LogP contribution in [0.3, 0.4) is 0 Å². The van der Waals surface area contributed by atoms with Gasteiger partial charge < -0.3 is 10.5 Å². The maximum absolute atomic E-state index is 7.24. The van der Waals surface area contributed by atoms with Crippen molar-refractivity contribution in [2.45, 2.75) is 0 Å². The highest BCUT2D eigenvalue weighted by molar-refractivity contribution is 9.10. The molecule has 0 bridgehead atoms. The zero-order chi connectivity index (χ0) is 12.3. The monoisotopic (exact) mass is 292 g/mol. The van der Waals surface area contributed by atoms with Gasteiger partial charge in [0.25, 0.3) is 0 Å². The lowest BCUT2D eigenvalue weighted by atomic mass is 10.3. The standard InChI is InChI=1S/C11H9BrN4O/c12-8-3-9(6-15-5-8)17-10-2-1-7(4-16-10)11(13)14/h1-6H,(H3,13,14). The van der Waals surface area contributed by atoms with Crippen LogP contribution >= 0.6 is 15.9 Å². The van der Waals surface area contributed by atoms with E-state index in [0.717, 1.165) is 4.47 Å². The molecule has 2 rings (SSSR count). The first-order valence-electron chi connectivity index (χ1n) is 4.74. The molecule has 17 heavy (non-hydrogen) atoms. The van der Waals surface area contributed by atoms with Crippen molar-refractivity contribution in [2.24, 2.45) is 5.73 Å². The predicted octanol–water partition coefficient (Wildman–Crippen LogP) is 2.32. The smallest absolute Gasteiger partial charge is 0.219 e. The minimum Gasteiger partial charge on any atom is -0.437 e. The molecule has 0 amide bonds. The maximum atomic E-state index is 7.24. The molecule has 6 heteroatoms. The average Bonchev–Trinajstić information content (AvgIpc) is 2.29. The van der Waals surface area contributed by atoms with Gasteiger partial charge in [-0.25, -0.2) is 4.98 Å². The fourth-order valence-corrected chi connectivity index (χ4v) is 1.51. The third-order valence-corrected chi connectivity index (χ3v) is 2.38. The molecule has 0 radical (unpaired) electrons. The highest BCUT2D eigenvalue weighted by atomic mass is 79.9. The molecule has 0 spiro atoms. The van der Waals surface area contributed by atoms with E-state index in [9.17, 15) is 0 Å². The Morgan fingerprint density at radius 3 is 2.71 bits per heavy atom. The molecule has 0 aliphatic heterocycles. The summed E-state index contributed by atoms with van der Waals surface area (Å²) in [4.78, 5) is 8.01. The van der Waals surface area contributed by atoms with Gasteiger partial charge in [-0.1, -0.05) is 0 Å². The number of halogens is 1. The van der Waals surface area contributed by atoms with Gasteiger partial charge in [0, 0.05) is 28.5 Å². The molecule has 0 unspecified atom stereocenters. The fourth-order valence-electron chi connectivity index (χ4n) is 1.17. The van der Waals surface area contributed by atoms with Crippen molar-refractivity contribution < 1.29 is 4.74 Å². The fraction of sp³-hybridized carbons (Fsp3) is 0. The largest absolute Gasteiger partial charge is 0.437 e. The Labute approximate surface area is 106 Å².